The second-order valence-corrected chi connectivity index (χ2v) is 5.79. The molecule has 110 valence electrons. The van der Waals surface area contributed by atoms with Gasteiger partial charge in [0.05, 0.1) is 4.92 Å². The van der Waals surface area contributed by atoms with Crippen molar-refractivity contribution in [1.82, 2.24) is 0 Å². The molecule has 0 radical (unpaired) electrons. The van der Waals surface area contributed by atoms with Gasteiger partial charge in [-0.2, -0.15) is 0 Å². The van der Waals surface area contributed by atoms with Gasteiger partial charge in [-0.15, -0.1) is 0 Å². The second-order valence-electron chi connectivity index (χ2n) is 4.46. The predicted molar refractivity (Wildman–Crippen MR) is 84.3 cm³/mol. The van der Waals surface area contributed by atoms with Crippen LogP contribution in [0.5, 0.6) is 0 Å². The molecule has 0 heterocycles. The Bertz CT molecular complexity index is 710. The number of anilines is 1. The first-order chi connectivity index (χ1) is 9.88. The number of nitrogens with one attached hydrogen (secondary N) is 1. The SMILES string of the molecule is Cc1cc([N+](=O)[O-])c(Cl)cc1NCc1cc(Br)ccc1F. The molecule has 0 aliphatic rings. The Morgan fingerprint density at radius 3 is 2.76 bits per heavy atom. The number of hydrogen-bond acceptors (Lipinski definition) is 3. The maximum absolute atomic E-state index is 13.6. The molecule has 21 heavy (non-hydrogen) atoms. The monoisotopic (exact) mass is 372 g/mol. The minimum Gasteiger partial charge on any atom is -0.381 e. The third kappa shape index (κ3) is 3.71. The molecule has 0 atom stereocenters. The van der Waals surface area contributed by atoms with Crippen LogP contribution in [-0.2, 0) is 6.54 Å². The van der Waals surface area contributed by atoms with Crippen LogP contribution in [0.1, 0.15) is 11.1 Å². The van der Waals surface area contributed by atoms with Gasteiger partial charge < -0.3 is 5.32 Å². The molecular weight excluding hydrogens is 363 g/mol. The molecule has 1 N–H and O–H groups in total. The molecule has 4 nitrogen and oxygen atoms in total. The highest BCUT2D eigenvalue weighted by Crippen LogP contribution is 2.31. The lowest BCUT2D eigenvalue weighted by Gasteiger charge is -2.11. The van der Waals surface area contributed by atoms with E-state index in [1.807, 2.05) is 0 Å². The van der Waals surface area contributed by atoms with Gasteiger partial charge >= 0.3 is 0 Å². The fraction of sp³-hybridized carbons (Fsp3) is 0.143. The summed E-state index contributed by atoms with van der Waals surface area (Å²) in [7, 11) is 0. The number of aryl methyl sites for hydroxylation is 1. The lowest BCUT2D eigenvalue weighted by Crippen LogP contribution is -2.04. The van der Waals surface area contributed by atoms with Crippen LogP contribution in [0.4, 0.5) is 15.8 Å². The van der Waals surface area contributed by atoms with E-state index in [9.17, 15) is 14.5 Å². The van der Waals surface area contributed by atoms with Gasteiger partial charge in [-0.05, 0) is 36.8 Å². The molecule has 0 fully saturated rings. The van der Waals surface area contributed by atoms with Crippen molar-refractivity contribution in [2.24, 2.45) is 0 Å². The smallest absolute Gasteiger partial charge is 0.288 e. The van der Waals surface area contributed by atoms with Crippen LogP contribution in [0.2, 0.25) is 5.02 Å². The van der Waals surface area contributed by atoms with Gasteiger partial charge in [0.2, 0.25) is 0 Å². The number of halogens is 3. The Hall–Kier alpha value is -1.66. The molecule has 0 unspecified atom stereocenters. The molecule has 0 spiro atoms. The van der Waals surface area contributed by atoms with Gasteiger partial charge in [-0.25, -0.2) is 4.39 Å². The topological polar surface area (TPSA) is 55.2 Å². The van der Waals surface area contributed by atoms with Crippen molar-refractivity contribution >= 4 is 38.9 Å². The van der Waals surface area contributed by atoms with Crippen molar-refractivity contribution in [2.45, 2.75) is 13.5 Å². The van der Waals surface area contributed by atoms with Crippen molar-refractivity contribution in [1.29, 1.82) is 0 Å². The third-order valence-corrected chi connectivity index (χ3v) is 3.76. The Kier molecular flexibility index (Phi) is 4.80. The zero-order valence-electron chi connectivity index (χ0n) is 11.0. The van der Waals surface area contributed by atoms with Crippen LogP contribution in [0.15, 0.2) is 34.8 Å². The van der Waals surface area contributed by atoms with E-state index in [1.165, 1.54) is 18.2 Å². The summed E-state index contributed by atoms with van der Waals surface area (Å²) in [6.45, 7) is 1.98. The molecule has 2 aromatic rings. The molecule has 2 aromatic carbocycles. The van der Waals surface area contributed by atoms with Gasteiger partial charge in [-0.1, -0.05) is 27.5 Å². The molecule has 0 aliphatic carbocycles. The molecule has 0 saturated carbocycles. The van der Waals surface area contributed by atoms with Crippen LogP contribution in [0.25, 0.3) is 0 Å². The highest BCUT2D eigenvalue weighted by Gasteiger charge is 2.15. The number of nitro groups is 1. The largest absolute Gasteiger partial charge is 0.381 e. The first kappa shape index (κ1) is 15.7. The van der Waals surface area contributed by atoms with E-state index in [2.05, 4.69) is 21.2 Å². The molecule has 0 saturated heterocycles. The Morgan fingerprint density at radius 1 is 1.38 bits per heavy atom. The fourth-order valence-electron chi connectivity index (χ4n) is 1.87. The third-order valence-electron chi connectivity index (χ3n) is 2.97. The number of hydrogen-bond donors (Lipinski definition) is 1. The number of benzene rings is 2. The molecule has 7 heteroatoms. The predicted octanol–water partition coefficient (Wildman–Crippen LogP) is 5.07. The van der Waals surface area contributed by atoms with E-state index in [4.69, 9.17) is 11.6 Å². The first-order valence-electron chi connectivity index (χ1n) is 6.01. The Balaban J connectivity index is 2.22. The van der Waals surface area contributed by atoms with Crippen LogP contribution in [-0.4, -0.2) is 4.92 Å². The summed E-state index contributed by atoms with van der Waals surface area (Å²) in [5.74, 6) is -0.323. The summed E-state index contributed by atoms with van der Waals surface area (Å²) in [6.07, 6.45) is 0. The van der Waals surface area contributed by atoms with Crippen LogP contribution >= 0.6 is 27.5 Å². The average Bonchev–Trinajstić information content (AvgIpc) is 2.42. The quantitative estimate of drug-likeness (QED) is 0.601. The van der Waals surface area contributed by atoms with E-state index in [0.29, 0.717) is 16.8 Å². The summed E-state index contributed by atoms with van der Waals surface area (Å²) < 4.78 is 14.4. The van der Waals surface area contributed by atoms with Gasteiger partial charge in [0, 0.05) is 28.3 Å². The van der Waals surface area contributed by atoms with Gasteiger partial charge in [0.15, 0.2) is 0 Å². The maximum Gasteiger partial charge on any atom is 0.288 e. The highest BCUT2D eigenvalue weighted by molar-refractivity contribution is 9.10. The van der Waals surface area contributed by atoms with E-state index in [1.54, 1.807) is 19.1 Å². The zero-order valence-corrected chi connectivity index (χ0v) is 13.3. The molecular formula is C14H11BrClFN2O2. The van der Waals surface area contributed by atoms with Crippen LogP contribution in [0.3, 0.4) is 0 Å². The Labute approximate surface area is 134 Å². The van der Waals surface area contributed by atoms with Gasteiger partial charge in [0.1, 0.15) is 10.8 Å². The summed E-state index contributed by atoms with van der Waals surface area (Å²) >= 11 is 9.15. The maximum atomic E-state index is 13.6. The summed E-state index contributed by atoms with van der Waals surface area (Å²) in [4.78, 5) is 10.3. The van der Waals surface area contributed by atoms with Crippen molar-refractivity contribution in [3.8, 4) is 0 Å². The van der Waals surface area contributed by atoms with E-state index >= 15 is 0 Å². The fourth-order valence-corrected chi connectivity index (χ4v) is 2.51. The van der Waals surface area contributed by atoms with Gasteiger partial charge in [-0.3, -0.25) is 10.1 Å². The standard InChI is InChI=1S/C14H11BrClFN2O2/c1-8-4-14(19(20)21)11(16)6-13(8)18-7-9-5-10(15)2-3-12(9)17/h2-6,18H,7H2,1H3. The van der Waals surface area contributed by atoms with E-state index in [0.717, 1.165) is 4.47 Å². The van der Waals surface area contributed by atoms with Crippen LogP contribution in [0, 0.1) is 22.9 Å². The molecule has 0 bridgehead atoms. The Morgan fingerprint density at radius 2 is 2.10 bits per heavy atom. The number of nitro benzene ring substituents is 1. The van der Waals surface area contributed by atoms with Gasteiger partial charge in [0.25, 0.3) is 5.69 Å². The second kappa shape index (κ2) is 6.41. The molecule has 0 aromatic heterocycles. The summed E-state index contributed by atoms with van der Waals surface area (Å²) in [5.41, 5.74) is 1.64. The minimum absolute atomic E-state index is 0.0443. The molecule has 0 amide bonds. The normalized spacial score (nSPS) is 10.5. The van der Waals surface area contributed by atoms with Crippen molar-refractivity contribution < 1.29 is 9.31 Å². The summed E-state index contributed by atoms with van der Waals surface area (Å²) in [5, 5.41) is 13.9. The van der Waals surface area contributed by atoms with E-state index in [-0.39, 0.29) is 23.1 Å². The van der Waals surface area contributed by atoms with E-state index < -0.39 is 4.92 Å². The number of rotatable bonds is 4. The zero-order chi connectivity index (χ0) is 15.6. The average molecular weight is 374 g/mol. The van der Waals surface area contributed by atoms with Crippen LogP contribution < -0.4 is 5.32 Å². The van der Waals surface area contributed by atoms with Crippen molar-refractivity contribution in [3.05, 3.63) is 66.9 Å². The summed E-state index contributed by atoms with van der Waals surface area (Å²) in [6, 6.07) is 7.53. The molecule has 0 aliphatic heterocycles. The first-order valence-corrected chi connectivity index (χ1v) is 7.18. The lowest BCUT2D eigenvalue weighted by atomic mass is 10.1. The minimum atomic E-state index is -0.535. The number of nitrogens with zero attached hydrogens (tertiary/aromatic N) is 1. The highest BCUT2D eigenvalue weighted by atomic mass is 79.9. The lowest BCUT2D eigenvalue weighted by molar-refractivity contribution is -0.384. The molecule has 2 rings (SSSR count). The van der Waals surface area contributed by atoms with Crippen molar-refractivity contribution in [3.63, 3.8) is 0 Å². The van der Waals surface area contributed by atoms with Crippen molar-refractivity contribution in [2.75, 3.05) is 5.32 Å².